The third kappa shape index (κ3) is 0.251. The SMILES string of the molecule is COC(=O)C12C3[C@H]4C5[C@@H]3[C@@H]1C5(CO)[C@@H]42. The van der Waals surface area contributed by atoms with Gasteiger partial charge in [-0.25, -0.2) is 0 Å². The van der Waals surface area contributed by atoms with E-state index >= 15 is 0 Å². The highest BCUT2D eigenvalue weighted by molar-refractivity contribution is 5.88. The molecule has 0 radical (unpaired) electrons. The van der Waals surface area contributed by atoms with Crippen LogP contribution in [0.25, 0.3) is 0 Å². The summed E-state index contributed by atoms with van der Waals surface area (Å²) in [5.74, 6) is 4.12. The van der Waals surface area contributed by atoms with Gasteiger partial charge < -0.3 is 9.84 Å². The van der Waals surface area contributed by atoms with Crippen LogP contribution in [0.2, 0.25) is 0 Å². The number of aliphatic hydroxyl groups is 1. The highest BCUT2D eigenvalue weighted by Crippen LogP contribution is 3.10. The minimum Gasteiger partial charge on any atom is -0.469 e. The van der Waals surface area contributed by atoms with E-state index in [9.17, 15) is 9.90 Å². The highest BCUT2D eigenvalue weighted by atomic mass is 16.5. The van der Waals surface area contributed by atoms with E-state index in [4.69, 9.17) is 4.74 Å². The molecule has 6 saturated carbocycles. The van der Waals surface area contributed by atoms with Crippen molar-refractivity contribution < 1.29 is 14.6 Å². The van der Waals surface area contributed by atoms with Crippen molar-refractivity contribution in [3.63, 3.8) is 0 Å². The fraction of sp³-hybridized carbons (Fsp3) is 0.909. The van der Waals surface area contributed by atoms with Crippen LogP contribution in [0.4, 0.5) is 0 Å². The van der Waals surface area contributed by atoms with Crippen LogP contribution in [0.1, 0.15) is 0 Å². The smallest absolute Gasteiger partial charge is 0.312 e. The van der Waals surface area contributed by atoms with Crippen molar-refractivity contribution in [1.29, 1.82) is 0 Å². The Morgan fingerprint density at radius 2 is 2.00 bits per heavy atom. The molecule has 14 heavy (non-hydrogen) atoms. The lowest BCUT2D eigenvalue weighted by atomic mass is 8.92. The predicted molar refractivity (Wildman–Crippen MR) is 44.9 cm³/mol. The molecule has 4 unspecified atom stereocenters. The maximum atomic E-state index is 11.8. The van der Waals surface area contributed by atoms with E-state index in [1.807, 2.05) is 0 Å². The fourth-order valence-electron chi connectivity index (χ4n) is 6.75. The van der Waals surface area contributed by atoms with E-state index in [1.54, 1.807) is 0 Å². The molecule has 6 aliphatic rings. The van der Waals surface area contributed by atoms with E-state index in [2.05, 4.69) is 0 Å². The zero-order valence-corrected chi connectivity index (χ0v) is 7.93. The summed E-state index contributed by atoms with van der Waals surface area (Å²) in [6, 6.07) is 0. The van der Waals surface area contributed by atoms with E-state index in [1.165, 1.54) is 7.11 Å². The first-order valence-electron chi connectivity index (χ1n) is 5.47. The molecule has 0 heterocycles. The first-order valence-corrected chi connectivity index (χ1v) is 5.47. The molecule has 6 rings (SSSR count). The van der Waals surface area contributed by atoms with E-state index in [0.29, 0.717) is 24.4 Å². The van der Waals surface area contributed by atoms with Crippen LogP contribution in [-0.4, -0.2) is 24.8 Å². The monoisotopic (exact) mass is 192 g/mol. The van der Waals surface area contributed by atoms with Gasteiger partial charge in [0.25, 0.3) is 0 Å². The Hall–Kier alpha value is -0.570. The largest absolute Gasteiger partial charge is 0.469 e. The molecule has 1 N–H and O–H groups in total. The number of rotatable bonds is 2. The molecule has 0 aromatic heterocycles. The topological polar surface area (TPSA) is 46.5 Å². The lowest BCUT2D eigenvalue weighted by Gasteiger charge is -3.10. The zero-order valence-electron chi connectivity index (χ0n) is 7.93. The third-order valence-electron chi connectivity index (χ3n) is 6.60. The lowest BCUT2D eigenvalue weighted by molar-refractivity contribution is -0.647. The Bertz CT molecular complexity index is 381. The Labute approximate surface area is 81.4 Å². The molecule has 0 saturated heterocycles. The fourth-order valence-corrected chi connectivity index (χ4v) is 6.75. The maximum absolute atomic E-state index is 11.8. The van der Waals surface area contributed by atoms with Crippen LogP contribution in [0, 0.1) is 46.3 Å². The van der Waals surface area contributed by atoms with Gasteiger partial charge >= 0.3 is 5.97 Å². The van der Waals surface area contributed by atoms with Gasteiger partial charge in [-0.2, -0.15) is 0 Å². The first kappa shape index (κ1) is 6.83. The summed E-state index contributed by atoms with van der Waals surface area (Å²) < 4.78 is 4.93. The van der Waals surface area contributed by atoms with Crippen LogP contribution in [-0.2, 0) is 9.53 Å². The molecule has 3 heteroatoms. The number of hydrogen-bond donors (Lipinski definition) is 1. The van der Waals surface area contributed by atoms with Crippen molar-refractivity contribution in [1.82, 2.24) is 0 Å². The summed E-state index contributed by atoms with van der Waals surface area (Å²) in [6.07, 6.45) is 0. The second-order valence-corrected chi connectivity index (χ2v) is 5.86. The van der Waals surface area contributed by atoms with Gasteiger partial charge in [-0.1, -0.05) is 0 Å². The average Bonchev–Trinajstić information content (AvgIpc) is 2.27. The van der Waals surface area contributed by atoms with E-state index < -0.39 is 0 Å². The number of ether oxygens (including phenoxy) is 1. The molecule has 3 nitrogen and oxygen atoms in total. The number of hydrogen-bond acceptors (Lipinski definition) is 3. The number of aliphatic hydroxyl groups excluding tert-OH is 1. The van der Waals surface area contributed by atoms with Crippen molar-refractivity contribution >= 4 is 5.97 Å². The summed E-state index contributed by atoms with van der Waals surface area (Å²) in [6.45, 7) is 0.311. The summed E-state index contributed by atoms with van der Waals surface area (Å²) in [4.78, 5) is 11.8. The van der Waals surface area contributed by atoms with Crippen molar-refractivity contribution in [3.8, 4) is 0 Å². The summed E-state index contributed by atoms with van der Waals surface area (Å²) >= 11 is 0. The van der Waals surface area contributed by atoms with Crippen LogP contribution < -0.4 is 0 Å². The van der Waals surface area contributed by atoms with Gasteiger partial charge in [0.1, 0.15) is 0 Å². The number of carbonyl (C=O) groups excluding carboxylic acids is 1. The molecule has 0 aromatic rings. The van der Waals surface area contributed by atoms with Gasteiger partial charge in [0, 0.05) is 12.0 Å². The Morgan fingerprint density at radius 1 is 1.36 bits per heavy atom. The first-order chi connectivity index (χ1) is 6.77. The van der Waals surface area contributed by atoms with Crippen molar-refractivity contribution in [3.05, 3.63) is 0 Å². The van der Waals surface area contributed by atoms with Crippen molar-refractivity contribution in [2.75, 3.05) is 13.7 Å². The van der Waals surface area contributed by atoms with Gasteiger partial charge in [0.05, 0.1) is 12.5 Å². The van der Waals surface area contributed by atoms with Crippen molar-refractivity contribution in [2.24, 2.45) is 46.3 Å². The number of esters is 1. The molecule has 74 valence electrons. The summed E-state index contributed by atoms with van der Waals surface area (Å²) in [7, 11) is 1.50. The average molecular weight is 192 g/mol. The normalized spacial score (nSPS) is 77.0. The highest BCUT2D eigenvalue weighted by Gasteiger charge is 3.11. The molecule has 6 aliphatic carbocycles. The van der Waals surface area contributed by atoms with Gasteiger partial charge in [0.15, 0.2) is 0 Å². The molecule has 0 bridgehead atoms. The Kier molecular flexibility index (Phi) is 0.668. The van der Waals surface area contributed by atoms with E-state index in [-0.39, 0.29) is 16.8 Å². The zero-order chi connectivity index (χ0) is 9.46. The second kappa shape index (κ2) is 1.37. The number of methoxy groups -OCH3 is 1. The molecule has 0 aromatic carbocycles. The minimum absolute atomic E-state index is 0.0206. The molecule has 6 fully saturated rings. The quantitative estimate of drug-likeness (QED) is 0.621. The molecule has 0 spiro atoms. The third-order valence-corrected chi connectivity index (χ3v) is 6.60. The molecule has 8 atom stereocenters. The van der Waals surface area contributed by atoms with Crippen LogP contribution in [0.5, 0.6) is 0 Å². The Balaban J connectivity index is 1.63. The summed E-state index contributed by atoms with van der Waals surface area (Å²) in [5.41, 5.74) is 0.125. The van der Waals surface area contributed by atoms with Gasteiger partial charge in [-0.3, -0.25) is 4.79 Å². The second-order valence-electron chi connectivity index (χ2n) is 5.86. The standard InChI is InChI=1S/C11H12O3/c1-14-9(13)11-6-3-5-4(6)8(11)10(5,2-12)7(3)11/h3-8,12H,2H2,1H3/t3-,4+,5?,6?,7-,8-,10?,11?/m1/s1. The lowest BCUT2D eigenvalue weighted by Crippen LogP contribution is -3.11. The molecular formula is C11H12O3. The predicted octanol–water partition coefficient (Wildman–Crippen LogP) is -0.110. The van der Waals surface area contributed by atoms with E-state index in [0.717, 1.165) is 17.8 Å². The molecule has 0 aliphatic heterocycles. The van der Waals surface area contributed by atoms with Gasteiger partial charge in [0.2, 0.25) is 0 Å². The van der Waals surface area contributed by atoms with Crippen LogP contribution >= 0.6 is 0 Å². The van der Waals surface area contributed by atoms with Crippen molar-refractivity contribution in [2.45, 2.75) is 0 Å². The van der Waals surface area contributed by atoms with Gasteiger partial charge in [-0.15, -0.1) is 0 Å². The summed E-state index contributed by atoms with van der Waals surface area (Å²) in [5, 5.41) is 9.43. The van der Waals surface area contributed by atoms with Gasteiger partial charge in [-0.05, 0) is 35.5 Å². The maximum Gasteiger partial charge on any atom is 0.312 e. The molecular weight excluding hydrogens is 180 g/mol. The minimum atomic E-state index is -0.0818. The molecule has 0 amide bonds. The van der Waals surface area contributed by atoms with Crippen LogP contribution in [0.3, 0.4) is 0 Å². The van der Waals surface area contributed by atoms with Crippen LogP contribution in [0.15, 0.2) is 0 Å². The Morgan fingerprint density at radius 3 is 2.50 bits per heavy atom. The number of carbonyl (C=O) groups is 1.